The van der Waals surface area contributed by atoms with Gasteiger partial charge in [-0.25, -0.2) is 0 Å². The van der Waals surface area contributed by atoms with Gasteiger partial charge in [0.15, 0.2) is 0 Å². The predicted molar refractivity (Wildman–Crippen MR) is 59.0 cm³/mol. The van der Waals surface area contributed by atoms with Crippen molar-refractivity contribution in [1.29, 1.82) is 0 Å². The lowest BCUT2D eigenvalue weighted by Gasteiger charge is -2.10. The molecular formula is C12H11ClO2. The van der Waals surface area contributed by atoms with Crippen molar-refractivity contribution < 1.29 is 9.52 Å². The summed E-state index contributed by atoms with van der Waals surface area (Å²) in [6, 6.07) is 7.22. The third kappa shape index (κ3) is 2.06. The quantitative estimate of drug-likeness (QED) is 0.846. The Morgan fingerprint density at radius 1 is 1.27 bits per heavy atom. The second-order valence-electron chi connectivity index (χ2n) is 3.47. The Balaban J connectivity index is 2.34. The van der Waals surface area contributed by atoms with Gasteiger partial charge in [0.1, 0.15) is 6.10 Å². The van der Waals surface area contributed by atoms with Crippen LogP contribution in [0.5, 0.6) is 0 Å². The lowest BCUT2D eigenvalue weighted by atomic mass is 10.0. The number of aliphatic hydroxyl groups excluding tert-OH is 1. The van der Waals surface area contributed by atoms with Crippen molar-refractivity contribution in [3.63, 3.8) is 0 Å². The Kier molecular flexibility index (Phi) is 2.80. The highest BCUT2D eigenvalue weighted by molar-refractivity contribution is 6.31. The van der Waals surface area contributed by atoms with Gasteiger partial charge in [0.25, 0.3) is 0 Å². The molecule has 3 heteroatoms. The Morgan fingerprint density at radius 2 is 2.07 bits per heavy atom. The number of aliphatic hydroxyl groups is 1. The van der Waals surface area contributed by atoms with E-state index in [4.69, 9.17) is 16.0 Å². The number of hydrogen-bond donors (Lipinski definition) is 1. The predicted octanol–water partition coefficient (Wildman–Crippen LogP) is 3.32. The van der Waals surface area contributed by atoms with E-state index in [1.807, 2.05) is 19.1 Å². The highest BCUT2D eigenvalue weighted by Gasteiger charge is 2.12. The molecule has 1 aromatic carbocycles. The molecule has 0 aliphatic rings. The van der Waals surface area contributed by atoms with Gasteiger partial charge in [0.05, 0.1) is 12.5 Å². The van der Waals surface area contributed by atoms with Crippen LogP contribution in [0.4, 0.5) is 0 Å². The Morgan fingerprint density at radius 3 is 2.67 bits per heavy atom. The van der Waals surface area contributed by atoms with E-state index in [1.165, 1.54) is 6.26 Å². The van der Waals surface area contributed by atoms with Crippen LogP contribution in [0.2, 0.25) is 5.02 Å². The summed E-state index contributed by atoms with van der Waals surface area (Å²) in [7, 11) is 0. The highest BCUT2D eigenvalue weighted by Crippen LogP contribution is 2.25. The molecule has 0 saturated carbocycles. The molecule has 0 unspecified atom stereocenters. The normalized spacial score (nSPS) is 12.7. The van der Waals surface area contributed by atoms with Crippen LogP contribution < -0.4 is 0 Å². The minimum absolute atomic E-state index is 0.653. The molecule has 1 atom stereocenters. The molecule has 0 amide bonds. The van der Waals surface area contributed by atoms with Crippen molar-refractivity contribution >= 4 is 11.6 Å². The zero-order chi connectivity index (χ0) is 10.8. The molecule has 1 N–H and O–H groups in total. The van der Waals surface area contributed by atoms with Crippen molar-refractivity contribution in [3.8, 4) is 0 Å². The van der Waals surface area contributed by atoms with Gasteiger partial charge in [-0.1, -0.05) is 23.7 Å². The molecule has 2 nitrogen and oxygen atoms in total. The maximum Gasteiger partial charge on any atom is 0.107 e. The van der Waals surface area contributed by atoms with Crippen molar-refractivity contribution in [2.24, 2.45) is 0 Å². The fourth-order valence-corrected chi connectivity index (χ4v) is 1.58. The maximum absolute atomic E-state index is 9.99. The van der Waals surface area contributed by atoms with Gasteiger partial charge in [0, 0.05) is 10.6 Å². The van der Waals surface area contributed by atoms with Crippen molar-refractivity contribution in [3.05, 3.63) is 58.5 Å². The van der Waals surface area contributed by atoms with E-state index in [-0.39, 0.29) is 0 Å². The highest BCUT2D eigenvalue weighted by atomic mass is 35.5. The molecule has 0 spiro atoms. The van der Waals surface area contributed by atoms with Crippen LogP contribution in [0.15, 0.2) is 41.2 Å². The number of benzene rings is 1. The SMILES string of the molecule is Cc1cc([C@H](O)c2ccoc2)ccc1Cl. The molecule has 15 heavy (non-hydrogen) atoms. The fraction of sp³-hybridized carbons (Fsp3) is 0.167. The van der Waals surface area contributed by atoms with Gasteiger partial charge in [-0.15, -0.1) is 0 Å². The summed E-state index contributed by atoms with van der Waals surface area (Å²) in [5.74, 6) is 0. The van der Waals surface area contributed by atoms with Gasteiger partial charge < -0.3 is 9.52 Å². The van der Waals surface area contributed by atoms with Gasteiger partial charge in [-0.3, -0.25) is 0 Å². The standard InChI is InChI=1S/C12H11ClO2/c1-8-6-9(2-3-11(8)13)12(14)10-4-5-15-7-10/h2-7,12,14H,1H3/t12-/m0/s1. The largest absolute Gasteiger partial charge is 0.472 e. The number of furan rings is 1. The first kappa shape index (κ1) is 10.3. The molecule has 1 aromatic heterocycles. The Hall–Kier alpha value is -1.25. The lowest BCUT2D eigenvalue weighted by Crippen LogP contribution is -1.98. The zero-order valence-corrected chi connectivity index (χ0v) is 9.03. The van der Waals surface area contributed by atoms with Gasteiger partial charge in [0.2, 0.25) is 0 Å². The van der Waals surface area contributed by atoms with Crippen molar-refractivity contribution in [1.82, 2.24) is 0 Å². The summed E-state index contributed by atoms with van der Waals surface area (Å²) in [5.41, 5.74) is 2.52. The molecular weight excluding hydrogens is 212 g/mol. The Bertz CT molecular complexity index is 449. The summed E-state index contributed by atoms with van der Waals surface area (Å²) in [6.07, 6.45) is 2.43. The van der Waals surface area contributed by atoms with Gasteiger partial charge in [-0.2, -0.15) is 0 Å². The maximum atomic E-state index is 9.99. The lowest BCUT2D eigenvalue weighted by molar-refractivity contribution is 0.219. The fourth-order valence-electron chi connectivity index (χ4n) is 1.46. The smallest absolute Gasteiger partial charge is 0.107 e. The van der Waals surface area contributed by atoms with Crippen LogP contribution in [0.1, 0.15) is 22.8 Å². The molecule has 78 valence electrons. The first-order chi connectivity index (χ1) is 7.18. The van der Waals surface area contributed by atoms with E-state index >= 15 is 0 Å². The zero-order valence-electron chi connectivity index (χ0n) is 8.27. The van der Waals surface area contributed by atoms with Gasteiger partial charge >= 0.3 is 0 Å². The first-order valence-electron chi connectivity index (χ1n) is 4.64. The molecule has 0 fully saturated rings. The average molecular weight is 223 g/mol. The molecule has 0 saturated heterocycles. The van der Waals surface area contributed by atoms with E-state index < -0.39 is 6.10 Å². The topological polar surface area (TPSA) is 33.4 Å². The summed E-state index contributed by atoms with van der Waals surface area (Å²) in [5, 5.41) is 10.7. The number of rotatable bonds is 2. The molecule has 2 rings (SSSR count). The number of halogens is 1. The monoisotopic (exact) mass is 222 g/mol. The van der Waals surface area contributed by atoms with Crippen LogP contribution in [0.3, 0.4) is 0 Å². The van der Waals surface area contributed by atoms with E-state index in [0.29, 0.717) is 5.02 Å². The Labute approximate surface area is 93.1 Å². The molecule has 0 aliphatic carbocycles. The van der Waals surface area contributed by atoms with E-state index in [0.717, 1.165) is 16.7 Å². The van der Waals surface area contributed by atoms with Crippen molar-refractivity contribution in [2.45, 2.75) is 13.0 Å². The summed E-state index contributed by atoms with van der Waals surface area (Å²) < 4.78 is 4.93. The molecule has 0 radical (unpaired) electrons. The van der Waals surface area contributed by atoms with Crippen LogP contribution >= 0.6 is 11.6 Å². The van der Waals surface area contributed by atoms with E-state index in [9.17, 15) is 5.11 Å². The molecule has 0 aliphatic heterocycles. The molecule has 2 aromatic rings. The van der Waals surface area contributed by atoms with Crippen LogP contribution in [0.25, 0.3) is 0 Å². The summed E-state index contributed by atoms with van der Waals surface area (Å²) >= 11 is 5.91. The third-order valence-electron chi connectivity index (χ3n) is 2.36. The summed E-state index contributed by atoms with van der Waals surface area (Å²) in [4.78, 5) is 0. The van der Waals surface area contributed by atoms with Crippen molar-refractivity contribution in [2.75, 3.05) is 0 Å². The van der Waals surface area contributed by atoms with Crippen LogP contribution in [-0.2, 0) is 0 Å². The number of hydrogen-bond acceptors (Lipinski definition) is 2. The van der Waals surface area contributed by atoms with E-state index in [2.05, 4.69) is 0 Å². The number of aryl methyl sites for hydroxylation is 1. The van der Waals surface area contributed by atoms with Crippen LogP contribution in [0, 0.1) is 6.92 Å². The summed E-state index contributed by atoms with van der Waals surface area (Å²) in [6.45, 7) is 1.91. The molecule has 1 heterocycles. The van der Waals surface area contributed by atoms with Crippen LogP contribution in [-0.4, -0.2) is 5.11 Å². The second kappa shape index (κ2) is 4.09. The van der Waals surface area contributed by atoms with Gasteiger partial charge in [-0.05, 0) is 30.2 Å². The minimum atomic E-state index is -0.653. The second-order valence-corrected chi connectivity index (χ2v) is 3.88. The third-order valence-corrected chi connectivity index (χ3v) is 2.78. The first-order valence-corrected chi connectivity index (χ1v) is 5.02. The molecule has 0 bridgehead atoms. The average Bonchev–Trinajstić information content (AvgIpc) is 2.74. The minimum Gasteiger partial charge on any atom is -0.472 e. The van der Waals surface area contributed by atoms with E-state index in [1.54, 1.807) is 18.4 Å².